The third kappa shape index (κ3) is 40.8. The molecule has 0 aromatic heterocycles. The number of methoxy groups -OCH3 is 4. The molecule has 2 heterocycles. The molecule has 2 aliphatic rings. The van der Waals surface area contributed by atoms with E-state index in [1.54, 1.807) is 119 Å². The number of rotatable bonds is 28. The molecule has 2 aliphatic heterocycles. The molecule has 12 N–H and O–H groups in total. The number of ether oxygens (including phenoxy) is 10. The standard InChI is InChI=1S/C22H24N2O7S.2C12H19NO4S.C10H7NO4.C10H12O3.C9H10O3.2C2H7N.C2H4O2.3CH4.H2S/c1-5-31-19-11-14(9-10-18(19)30-3)17(12-32(4,28)29)24-21(26)15-7-6-8-16(23-13(2)25)20(15)22(24)27;2*1-4-17-12-7-9(5-6-11(12)16-2)10(13)8-18(3,14)15;1-5(12)11-7-4-2-3-6-8(7)10(14)15-9(6)13;1-3-13-10-6-8(7-11)4-5-9(10)12-2;1-2-12-9-5-7(6-10)3-4-8(9)11;2*1-2-3;1-2(3)4;;;;/h6-11,17H,5,12H2,1-4H3,(H,23,25);2*5-7,10H,4,8,13H2,1-3H3;2-4H,1H3,(H,11,12);4-7H,3H2,1-2H3;3-6,11H,2H2,1H3;2*2-3H2,1H3;1H3,(H,3,4);3*1H4;1H2/t17-;10-;;;;;;;;;;;/m11.........../s1. The first-order chi connectivity index (χ1) is 55.5. The van der Waals surface area contributed by atoms with Crippen molar-refractivity contribution in [1.29, 1.82) is 0 Å². The molecule has 0 spiro atoms. The first-order valence-corrected chi connectivity index (χ1v) is 42.4. The molecule has 0 aliphatic carbocycles. The Morgan fingerprint density at radius 2 is 0.762 bits per heavy atom. The minimum atomic E-state index is -3.60. The number of esters is 2. The van der Waals surface area contributed by atoms with Crippen LogP contribution in [0.1, 0.15) is 188 Å². The lowest BCUT2D eigenvalue weighted by atomic mass is 10.1. The number of imide groups is 1. The monoisotopic (exact) mass is 1790 g/mol. The molecule has 9 rings (SSSR count). The number of hydrogen-bond donors (Lipinski definition) is 8. The predicted molar refractivity (Wildman–Crippen MR) is 478 cm³/mol. The van der Waals surface area contributed by atoms with Gasteiger partial charge in [-0.2, -0.15) is 13.5 Å². The number of nitrogens with zero attached hydrogens (tertiary/aromatic N) is 1. The van der Waals surface area contributed by atoms with Crippen LogP contribution in [-0.4, -0.2) is 205 Å². The van der Waals surface area contributed by atoms with Crippen LogP contribution < -0.4 is 76.2 Å². The molecule has 38 heteroatoms. The summed E-state index contributed by atoms with van der Waals surface area (Å²) in [6.07, 6.45) is 4.86. The van der Waals surface area contributed by atoms with Gasteiger partial charge in [0, 0.05) is 62.7 Å². The molecule has 34 nitrogen and oxygen atoms in total. The van der Waals surface area contributed by atoms with E-state index in [0.29, 0.717) is 125 Å². The molecule has 4 amide bonds. The number of sulfone groups is 3. The van der Waals surface area contributed by atoms with Crippen molar-refractivity contribution in [2.24, 2.45) is 22.9 Å². The Hall–Kier alpha value is -11.4. The van der Waals surface area contributed by atoms with Gasteiger partial charge in [-0.3, -0.25) is 38.5 Å². The molecule has 0 bridgehead atoms. The van der Waals surface area contributed by atoms with E-state index >= 15 is 0 Å². The highest BCUT2D eigenvalue weighted by Gasteiger charge is 2.44. The molecule has 3 atom stereocenters. The van der Waals surface area contributed by atoms with Crippen LogP contribution in [0.4, 0.5) is 11.4 Å². The van der Waals surface area contributed by atoms with Gasteiger partial charge in [-0.1, -0.05) is 66.5 Å². The third-order valence-electron chi connectivity index (χ3n) is 14.7. The minimum absolute atomic E-state index is 0. The van der Waals surface area contributed by atoms with Crippen LogP contribution >= 0.6 is 13.5 Å². The smallest absolute Gasteiger partial charge is 0.349 e. The van der Waals surface area contributed by atoms with Gasteiger partial charge in [0.25, 0.3) is 17.8 Å². The number of nitrogens with one attached hydrogen (secondary N) is 2. The summed E-state index contributed by atoms with van der Waals surface area (Å²) in [7, 11) is -3.68. The molecule has 0 saturated heterocycles. The van der Waals surface area contributed by atoms with E-state index < -0.39 is 89.0 Å². The highest BCUT2D eigenvalue weighted by Crippen LogP contribution is 2.40. The van der Waals surface area contributed by atoms with Crippen LogP contribution in [-0.2, 0) is 48.6 Å². The number of phenols is 1. The normalized spacial score (nSPS) is 11.7. The van der Waals surface area contributed by atoms with Gasteiger partial charge in [0.1, 0.15) is 42.1 Å². The largest absolute Gasteiger partial charge is 0.504 e. The number of aliphatic carboxylic acids is 1. The van der Waals surface area contributed by atoms with Crippen LogP contribution in [0.5, 0.6) is 57.5 Å². The first kappa shape index (κ1) is 117. The molecule has 1 unspecified atom stereocenters. The quantitative estimate of drug-likeness (QED) is 0.00977. The van der Waals surface area contributed by atoms with Gasteiger partial charge < -0.3 is 91.1 Å². The highest BCUT2D eigenvalue weighted by atomic mass is 32.2. The summed E-state index contributed by atoms with van der Waals surface area (Å²) >= 11 is 0. The van der Waals surface area contributed by atoms with Crippen LogP contribution in [0.15, 0.2) is 127 Å². The van der Waals surface area contributed by atoms with E-state index in [9.17, 15) is 68.7 Å². The van der Waals surface area contributed by atoms with Crippen molar-refractivity contribution in [3.63, 3.8) is 0 Å². The fourth-order valence-electron chi connectivity index (χ4n) is 10.2. The SMILES string of the molecule is C.C.C.CC(=O)Nc1cccc2c1C(=O)OC2=O.CC(=O)O.CCN.CCN.CCOc1cc(C(N)CS(C)(=O)=O)ccc1OC.CCOc1cc(C=O)ccc1O.CCOc1cc(C=O)ccc1OC.CCOc1cc([C@@H](CS(C)(=O)=O)N2C(=O)c3cccc(NC(C)=O)c3C2=O)ccc1OC.CCOc1cc([C@H](N)CS(C)(=O)=O)ccc1OC.S. The number of carbonyl (C=O) groups is 9. The molecular formula is C84H123N7O27S4. The topological polar surface area (TPSA) is 520 Å². The molecule has 122 heavy (non-hydrogen) atoms. The minimum Gasteiger partial charge on any atom is -0.504 e. The highest BCUT2D eigenvalue weighted by molar-refractivity contribution is 7.91. The Kier molecular flexibility index (Phi) is 56.9. The molecule has 0 radical (unpaired) electrons. The van der Waals surface area contributed by atoms with Crippen molar-refractivity contribution in [3.05, 3.63) is 177 Å². The van der Waals surface area contributed by atoms with Gasteiger partial charge in [-0.05, 0) is 161 Å². The second-order valence-electron chi connectivity index (χ2n) is 24.6. The van der Waals surface area contributed by atoms with Gasteiger partial charge in [-0.25, -0.2) is 34.8 Å². The van der Waals surface area contributed by atoms with Crippen molar-refractivity contribution < 1.29 is 126 Å². The number of amides is 4. The van der Waals surface area contributed by atoms with Crippen molar-refractivity contribution in [2.75, 3.05) is 121 Å². The molecular weight excluding hydrogens is 1670 g/mol. The number of nitrogens with two attached hydrogens (primary N) is 4. The zero-order chi connectivity index (χ0) is 89.8. The lowest BCUT2D eigenvalue weighted by Gasteiger charge is -2.27. The fraction of sp³-hybridized carbons (Fsp3) is 0.393. The summed E-state index contributed by atoms with van der Waals surface area (Å²) < 4.78 is 121. The molecule has 7 aromatic rings. The van der Waals surface area contributed by atoms with Gasteiger partial charge in [0.2, 0.25) is 11.8 Å². The van der Waals surface area contributed by atoms with Crippen LogP contribution in [0.25, 0.3) is 0 Å². The maximum atomic E-state index is 13.3. The van der Waals surface area contributed by atoms with Gasteiger partial charge in [0.15, 0.2) is 57.5 Å². The van der Waals surface area contributed by atoms with Crippen molar-refractivity contribution in [3.8, 4) is 57.5 Å². The fourth-order valence-corrected chi connectivity index (χ4v) is 12.8. The Morgan fingerprint density at radius 1 is 0.451 bits per heavy atom. The number of carboxylic acids is 1. The van der Waals surface area contributed by atoms with Crippen LogP contribution in [0.2, 0.25) is 0 Å². The molecule has 680 valence electrons. The molecule has 0 fully saturated rings. The van der Waals surface area contributed by atoms with Crippen molar-refractivity contribution in [2.45, 2.75) is 110 Å². The molecule has 7 aromatic carbocycles. The van der Waals surface area contributed by atoms with E-state index in [0.717, 1.165) is 37.5 Å². The second kappa shape index (κ2) is 59.3. The van der Waals surface area contributed by atoms with E-state index in [2.05, 4.69) is 15.4 Å². The summed E-state index contributed by atoms with van der Waals surface area (Å²) in [5.74, 6) is -0.129. The number of carbonyl (C=O) groups excluding carboxylic acids is 8. The lowest BCUT2D eigenvalue weighted by Crippen LogP contribution is -2.37. The third-order valence-corrected chi connectivity index (χ3v) is 17.6. The van der Waals surface area contributed by atoms with E-state index in [1.165, 1.54) is 69.9 Å². The summed E-state index contributed by atoms with van der Waals surface area (Å²) in [5, 5.41) is 21.7. The Balaban J connectivity index is -0.000000685. The second-order valence-corrected chi connectivity index (χ2v) is 31.1. The van der Waals surface area contributed by atoms with Crippen LogP contribution in [0, 0.1) is 0 Å². The van der Waals surface area contributed by atoms with Crippen LogP contribution in [0.3, 0.4) is 0 Å². The summed E-state index contributed by atoms with van der Waals surface area (Å²) in [5.41, 5.74) is 25.3. The molecule has 0 saturated carbocycles. The number of fused-ring (bicyclic) bond motifs is 2. The number of anilines is 2. The van der Waals surface area contributed by atoms with Gasteiger partial charge in [-0.15, -0.1) is 0 Å². The number of hydrogen-bond acceptors (Lipinski definition) is 30. The number of aromatic hydroxyl groups is 1. The maximum Gasteiger partial charge on any atom is 0.349 e. The Bertz CT molecular complexity index is 4760. The summed E-state index contributed by atoms with van der Waals surface area (Å²) in [6.45, 7) is 20.6. The number of carboxylic acid groups (broad SMARTS) is 1. The van der Waals surface area contributed by atoms with E-state index in [4.69, 9.17) is 75.5 Å². The zero-order valence-electron chi connectivity index (χ0n) is 69.7. The van der Waals surface area contributed by atoms with Gasteiger partial charge >= 0.3 is 11.9 Å². The van der Waals surface area contributed by atoms with E-state index in [-0.39, 0.29) is 86.9 Å². The van der Waals surface area contributed by atoms with E-state index in [1.807, 2.05) is 41.5 Å². The number of cyclic esters (lactones) is 2. The number of aldehydes is 2. The lowest BCUT2D eigenvalue weighted by molar-refractivity contribution is -0.134. The first-order valence-electron chi connectivity index (χ1n) is 36.2. The van der Waals surface area contributed by atoms with Crippen molar-refractivity contribution >= 4 is 108 Å². The number of benzene rings is 7. The predicted octanol–water partition coefficient (Wildman–Crippen LogP) is 11.2. The van der Waals surface area contributed by atoms with Crippen molar-refractivity contribution in [1.82, 2.24) is 4.90 Å². The van der Waals surface area contributed by atoms with Gasteiger partial charge in [0.05, 0.1) is 118 Å². The number of phenolic OH excluding ortho intramolecular Hbond substituents is 1. The summed E-state index contributed by atoms with van der Waals surface area (Å²) in [4.78, 5) is 102. The zero-order valence-corrected chi connectivity index (χ0v) is 73.1. The Morgan fingerprint density at radius 3 is 1.11 bits per heavy atom. The summed E-state index contributed by atoms with van der Waals surface area (Å²) in [6, 6.07) is 31.6. The Labute approximate surface area is 724 Å². The maximum absolute atomic E-state index is 13.3. The average molecular weight is 1790 g/mol. The average Bonchev–Trinajstić information content (AvgIpc) is 1.60.